The smallest absolute Gasteiger partial charge is 0.243 e. The number of carbonyl (C=O) groups is 1. The molecule has 3 aromatic rings. The molecular formula is C16H16N4O. The van der Waals surface area contributed by atoms with E-state index in [9.17, 15) is 4.79 Å². The summed E-state index contributed by atoms with van der Waals surface area (Å²) < 4.78 is 0. The number of benzene rings is 2. The van der Waals surface area contributed by atoms with Crippen LogP contribution in [0.1, 0.15) is 5.82 Å². The second kappa shape index (κ2) is 5.66. The van der Waals surface area contributed by atoms with Crippen LogP contribution in [0.3, 0.4) is 0 Å². The van der Waals surface area contributed by atoms with Gasteiger partial charge in [-0.2, -0.15) is 0 Å². The molecule has 0 radical (unpaired) electrons. The van der Waals surface area contributed by atoms with E-state index in [1.165, 1.54) is 0 Å². The number of imidazole rings is 1. The monoisotopic (exact) mass is 280 g/mol. The molecule has 0 saturated carbocycles. The van der Waals surface area contributed by atoms with Gasteiger partial charge in [-0.3, -0.25) is 4.79 Å². The third-order valence-corrected chi connectivity index (χ3v) is 3.11. The van der Waals surface area contributed by atoms with Crippen LogP contribution in [-0.2, 0) is 4.79 Å². The molecular weight excluding hydrogens is 264 g/mol. The summed E-state index contributed by atoms with van der Waals surface area (Å²) in [6.07, 6.45) is 0. The molecule has 1 heterocycles. The Bertz CT molecular complexity index is 764. The summed E-state index contributed by atoms with van der Waals surface area (Å²) in [5.41, 5.74) is 3.49. The van der Waals surface area contributed by atoms with Crippen molar-refractivity contribution in [3.8, 4) is 0 Å². The number of carbonyl (C=O) groups excluding carboxylic acids is 1. The van der Waals surface area contributed by atoms with Crippen LogP contribution in [0.15, 0.2) is 48.5 Å². The highest BCUT2D eigenvalue weighted by Gasteiger charge is 2.05. The predicted octanol–water partition coefficient (Wildman–Crippen LogP) is 2.92. The number of anilines is 2. The number of aromatic nitrogens is 2. The van der Waals surface area contributed by atoms with Crippen molar-refractivity contribution < 1.29 is 4.79 Å². The minimum atomic E-state index is -0.0885. The molecule has 1 aromatic heterocycles. The maximum atomic E-state index is 11.9. The summed E-state index contributed by atoms with van der Waals surface area (Å²) >= 11 is 0. The molecule has 0 bridgehead atoms. The molecule has 0 atom stereocenters. The van der Waals surface area contributed by atoms with Gasteiger partial charge in [-0.15, -0.1) is 0 Å². The topological polar surface area (TPSA) is 69.8 Å². The van der Waals surface area contributed by atoms with Crippen LogP contribution in [0.25, 0.3) is 11.0 Å². The number of aryl methyl sites for hydroxylation is 1. The summed E-state index contributed by atoms with van der Waals surface area (Å²) in [4.78, 5) is 19.4. The summed E-state index contributed by atoms with van der Waals surface area (Å²) in [5, 5.41) is 5.94. The fourth-order valence-corrected chi connectivity index (χ4v) is 2.16. The van der Waals surface area contributed by atoms with E-state index >= 15 is 0 Å². The van der Waals surface area contributed by atoms with Crippen molar-refractivity contribution in [1.29, 1.82) is 0 Å². The minimum Gasteiger partial charge on any atom is -0.376 e. The van der Waals surface area contributed by atoms with Gasteiger partial charge in [-0.1, -0.05) is 18.2 Å². The van der Waals surface area contributed by atoms with Crippen LogP contribution in [0.4, 0.5) is 11.4 Å². The molecule has 2 aromatic carbocycles. The lowest BCUT2D eigenvalue weighted by Gasteiger charge is -2.07. The first kappa shape index (κ1) is 13.2. The summed E-state index contributed by atoms with van der Waals surface area (Å²) in [7, 11) is 0. The second-order valence-electron chi connectivity index (χ2n) is 4.82. The van der Waals surface area contributed by atoms with E-state index in [2.05, 4.69) is 20.6 Å². The van der Waals surface area contributed by atoms with Gasteiger partial charge in [0.15, 0.2) is 0 Å². The Morgan fingerprint density at radius 1 is 1.14 bits per heavy atom. The molecule has 0 aliphatic rings. The van der Waals surface area contributed by atoms with Crippen LogP contribution < -0.4 is 10.6 Å². The number of nitrogens with one attached hydrogen (secondary N) is 3. The Labute approximate surface area is 122 Å². The number of rotatable bonds is 4. The average molecular weight is 280 g/mol. The van der Waals surface area contributed by atoms with Gasteiger partial charge in [0.1, 0.15) is 5.82 Å². The molecule has 5 nitrogen and oxygen atoms in total. The summed E-state index contributed by atoms with van der Waals surface area (Å²) in [5.74, 6) is 0.772. The highest BCUT2D eigenvalue weighted by Crippen LogP contribution is 2.17. The quantitative estimate of drug-likeness (QED) is 0.688. The van der Waals surface area contributed by atoms with Gasteiger partial charge in [0.25, 0.3) is 0 Å². The van der Waals surface area contributed by atoms with E-state index in [0.29, 0.717) is 0 Å². The Morgan fingerprint density at radius 3 is 2.76 bits per heavy atom. The van der Waals surface area contributed by atoms with Gasteiger partial charge in [0, 0.05) is 11.4 Å². The molecule has 0 aliphatic carbocycles. The number of hydrogen-bond donors (Lipinski definition) is 3. The van der Waals surface area contributed by atoms with E-state index in [1.807, 2.05) is 55.5 Å². The fourth-order valence-electron chi connectivity index (χ4n) is 2.16. The average Bonchev–Trinajstić information content (AvgIpc) is 2.85. The molecule has 5 heteroatoms. The maximum Gasteiger partial charge on any atom is 0.243 e. The van der Waals surface area contributed by atoms with Crippen LogP contribution in [0, 0.1) is 6.92 Å². The highest BCUT2D eigenvalue weighted by molar-refractivity contribution is 5.95. The zero-order valence-electron chi connectivity index (χ0n) is 11.7. The molecule has 0 fully saturated rings. The van der Waals surface area contributed by atoms with Gasteiger partial charge >= 0.3 is 0 Å². The third kappa shape index (κ3) is 3.20. The molecule has 1 amide bonds. The van der Waals surface area contributed by atoms with Crippen LogP contribution in [0.2, 0.25) is 0 Å². The van der Waals surface area contributed by atoms with Gasteiger partial charge in [-0.25, -0.2) is 4.98 Å². The number of amides is 1. The number of nitrogens with zero attached hydrogens (tertiary/aromatic N) is 1. The van der Waals surface area contributed by atoms with Gasteiger partial charge < -0.3 is 15.6 Å². The van der Waals surface area contributed by atoms with Crippen molar-refractivity contribution in [2.75, 3.05) is 17.2 Å². The fraction of sp³-hybridized carbons (Fsp3) is 0.125. The first-order valence-corrected chi connectivity index (χ1v) is 6.76. The summed E-state index contributed by atoms with van der Waals surface area (Å²) in [6.45, 7) is 2.13. The lowest BCUT2D eigenvalue weighted by molar-refractivity contribution is -0.114. The van der Waals surface area contributed by atoms with Crippen LogP contribution >= 0.6 is 0 Å². The first-order chi connectivity index (χ1) is 10.2. The van der Waals surface area contributed by atoms with E-state index in [1.54, 1.807) is 0 Å². The van der Waals surface area contributed by atoms with Crippen molar-refractivity contribution in [3.05, 3.63) is 54.4 Å². The molecule has 0 spiro atoms. The Morgan fingerprint density at radius 2 is 1.95 bits per heavy atom. The Balaban J connectivity index is 1.63. The predicted molar refractivity (Wildman–Crippen MR) is 84.4 cm³/mol. The van der Waals surface area contributed by atoms with Gasteiger partial charge in [0.2, 0.25) is 5.91 Å². The van der Waals surface area contributed by atoms with E-state index in [-0.39, 0.29) is 12.5 Å². The minimum absolute atomic E-state index is 0.0885. The van der Waals surface area contributed by atoms with E-state index in [0.717, 1.165) is 28.2 Å². The van der Waals surface area contributed by atoms with Crippen molar-refractivity contribution in [2.24, 2.45) is 0 Å². The second-order valence-corrected chi connectivity index (χ2v) is 4.82. The lowest BCUT2D eigenvalue weighted by atomic mass is 10.2. The maximum absolute atomic E-state index is 11.9. The molecule has 0 unspecified atom stereocenters. The molecule has 3 N–H and O–H groups in total. The van der Waals surface area contributed by atoms with E-state index < -0.39 is 0 Å². The zero-order chi connectivity index (χ0) is 14.7. The normalized spacial score (nSPS) is 10.5. The van der Waals surface area contributed by atoms with Gasteiger partial charge in [0.05, 0.1) is 17.6 Å². The zero-order valence-corrected chi connectivity index (χ0v) is 11.7. The van der Waals surface area contributed by atoms with Crippen molar-refractivity contribution in [1.82, 2.24) is 9.97 Å². The highest BCUT2D eigenvalue weighted by atomic mass is 16.1. The number of hydrogen-bond acceptors (Lipinski definition) is 3. The molecule has 0 saturated heterocycles. The van der Waals surface area contributed by atoms with Crippen molar-refractivity contribution in [3.63, 3.8) is 0 Å². The molecule has 21 heavy (non-hydrogen) atoms. The molecule has 106 valence electrons. The van der Waals surface area contributed by atoms with Crippen LogP contribution in [0.5, 0.6) is 0 Å². The Kier molecular flexibility index (Phi) is 3.55. The van der Waals surface area contributed by atoms with Crippen LogP contribution in [-0.4, -0.2) is 22.4 Å². The number of fused-ring (bicyclic) bond motifs is 1. The number of para-hydroxylation sites is 1. The first-order valence-electron chi connectivity index (χ1n) is 6.76. The molecule has 0 aliphatic heterocycles. The third-order valence-electron chi connectivity index (χ3n) is 3.11. The van der Waals surface area contributed by atoms with Crippen molar-refractivity contribution in [2.45, 2.75) is 6.92 Å². The van der Waals surface area contributed by atoms with E-state index in [4.69, 9.17) is 0 Å². The Hall–Kier alpha value is -2.82. The van der Waals surface area contributed by atoms with Gasteiger partial charge in [-0.05, 0) is 37.3 Å². The number of aromatic amines is 1. The summed E-state index contributed by atoms with van der Waals surface area (Å²) in [6, 6.07) is 15.3. The lowest BCUT2D eigenvalue weighted by Crippen LogP contribution is -2.21. The number of H-pyrrole nitrogens is 1. The van der Waals surface area contributed by atoms with Crippen molar-refractivity contribution >= 4 is 28.3 Å². The molecule has 3 rings (SSSR count). The largest absolute Gasteiger partial charge is 0.376 e. The standard InChI is InChI=1S/C16H16N4O/c1-11-18-14-8-7-13(9-15(14)19-11)20-16(21)10-17-12-5-3-2-4-6-12/h2-9,17H,10H2,1H3,(H,18,19)(H,20,21). The SMILES string of the molecule is Cc1nc2ccc(NC(=O)CNc3ccccc3)cc2[nH]1.